The lowest BCUT2D eigenvalue weighted by molar-refractivity contribution is 0.0816. The first-order chi connectivity index (χ1) is 14.2. The minimum Gasteiger partial charge on any atom is -0.381 e. The van der Waals surface area contributed by atoms with Crippen LogP contribution in [0.25, 0.3) is 27.5 Å². The third-order valence-corrected chi connectivity index (χ3v) is 5.89. The molecule has 1 saturated heterocycles. The van der Waals surface area contributed by atoms with E-state index in [1.807, 2.05) is 16.9 Å². The standard InChI is InChI=1S/C22H26N6O/c1-14(2)21-20(15-4-5-18-16(12-15)13-24-25-18)19-6-9-23-22(28(19)26-21)27-10-7-17(29-3)8-11-27/h4-6,9,12-14,17H,7-8,10-11H2,1-3H3,(H,24,25). The first-order valence-corrected chi connectivity index (χ1v) is 10.2. The second kappa shape index (κ2) is 7.15. The van der Waals surface area contributed by atoms with Crippen LogP contribution in [-0.2, 0) is 4.74 Å². The van der Waals surface area contributed by atoms with Crippen molar-refractivity contribution in [1.29, 1.82) is 0 Å². The van der Waals surface area contributed by atoms with Crippen LogP contribution in [-0.4, -0.2) is 51.1 Å². The number of aromatic amines is 1. The minimum atomic E-state index is 0.303. The number of anilines is 1. The quantitative estimate of drug-likeness (QED) is 0.570. The van der Waals surface area contributed by atoms with Gasteiger partial charge in [-0.1, -0.05) is 19.9 Å². The Bertz CT molecular complexity index is 1150. The van der Waals surface area contributed by atoms with Gasteiger partial charge in [0.05, 0.1) is 29.0 Å². The monoisotopic (exact) mass is 390 g/mol. The van der Waals surface area contributed by atoms with Gasteiger partial charge in [-0.2, -0.15) is 14.7 Å². The van der Waals surface area contributed by atoms with E-state index in [1.165, 1.54) is 5.56 Å². The van der Waals surface area contributed by atoms with Gasteiger partial charge in [0.1, 0.15) is 0 Å². The highest BCUT2D eigenvalue weighted by Gasteiger charge is 2.24. The van der Waals surface area contributed by atoms with Crippen molar-refractivity contribution in [3.63, 3.8) is 0 Å². The minimum absolute atomic E-state index is 0.303. The van der Waals surface area contributed by atoms with Crippen molar-refractivity contribution in [1.82, 2.24) is 24.8 Å². The SMILES string of the molecule is COC1CCN(c2nccc3c(-c4ccc5[nH]ncc5c4)c(C(C)C)nn23)CC1. The van der Waals surface area contributed by atoms with Gasteiger partial charge >= 0.3 is 0 Å². The van der Waals surface area contributed by atoms with Gasteiger partial charge in [0.2, 0.25) is 5.95 Å². The number of hydrogen-bond donors (Lipinski definition) is 1. The number of hydrogen-bond acceptors (Lipinski definition) is 5. The molecule has 7 nitrogen and oxygen atoms in total. The number of benzene rings is 1. The lowest BCUT2D eigenvalue weighted by Gasteiger charge is -2.31. The molecule has 0 spiro atoms. The third-order valence-electron chi connectivity index (χ3n) is 5.89. The number of ether oxygens (including phenoxy) is 1. The summed E-state index contributed by atoms with van der Waals surface area (Å²) in [5, 5.41) is 13.3. The second-order valence-electron chi connectivity index (χ2n) is 8.05. The van der Waals surface area contributed by atoms with Gasteiger partial charge in [-0.25, -0.2) is 4.98 Å². The summed E-state index contributed by atoms with van der Waals surface area (Å²) in [5.41, 5.74) is 5.57. The van der Waals surface area contributed by atoms with Crippen LogP contribution in [0.4, 0.5) is 5.95 Å². The third kappa shape index (κ3) is 3.06. The molecule has 1 aliphatic heterocycles. The van der Waals surface area contributed by atoms with E-state index < -0.39 is 0 Å². The molecule has 4 aromatic rings. The Kier molecular flexibility index (Phi) is 4.47. The van der Waals surface area contributed by atoms with E-state index in [0.717, 1.165) is 59.6 Å². The molecule has 1 fully saturated rings. The molecular formula is C22H26N6O. The number of nitrogens with zero attached hydrogens (tertiary/aromatic N) is 5. The van der Waals surface area contributed by atoms with E-state index in [4.69, 9.17) is 14.8 Å². The average molecular weight is 390 g/mol. The van der Waals surface area contributed by atoms with Crippen LogP contribution in [0, 0.1) is 0 Å². The van der Waals surface area contributed by atoms with Gasteiger partial charge in [0.15, 0.2) is 0 Å². The van der Waals surface area contributed by atoms with E-state index in [9.17, 15) is 0 Å². The Hall–Kier alpha value is -2.93. The number of fused-ring (bicyclic) bond motifs is 2. The molecule has 0 amide bonds. The molecule has 5 rings (SSSR count). The van der Waals surface area contributed by atoms with Gasteiger partial charge < -0.3 is 9.64 Å². The Labute approximate surface area is 169 Å². The molecule has 0 unspecified atom stereocenters. The Morgan fingerprint density at radius 3 is 2.76 bits per heavy atom. The lowest BCUT2D eigenvalue weighted by atomic mass is 9.97. The van der Waals surface area contributed by atoms with Crippen molar-refractivity contribution in [2.75, 3.05) is 25.1 Å². The van der Waals surface area contributed by atoms with Crippen molar-refractivity contribution >= 4 is 22.4 Å². The molecule has 0 atom stereocenters. The van der Waals surface area contributed by atoms with E-state index in [-0.39, 0.29) is 0 Å². The summed E-state index contributed by atoms with van der Waals surface area (Å²) in [4.78, 5) is 7.02. The average Bonchev–Trinajstić information content (AvgIpc) is 3.37. The fourth-order valence-corrected chi connectivity index (χ4v) is 4.29. The number of piperidine rings is 1. The van der Waals surface area contributed by atoms with Crippen molar-refractivity contribution < 1.29 is 4.74 Å². The first kappa shape index (κ1) is 18.1. The summed E-state index contributed by atoms with van der Waals surface area (Å²) in [6.07, 6.45) is 6.13. The zero-order chi connectivity index (χ0) is 20.0. The van der Waals surface area contributed by atoms with Crippen molar-refractivity contribution in [3.05, 3.63) is 42.4 Å². The number of nitrogens with one attached hydrogen (secondary N) is 1. The number of H-pyrrole nitrogens is 1. The van der Waals surface area contributed by atoms with Crippen LogP contribution >= 0.6 is 0 Å². The normalized spacial score (nSPS) is 15.8. The van der Waals surface area contributed by atoms with E-state index in [0.29, 0.717) is 12.0 Å². The predicted octanol–water partition coefficient (Wildman–Crippen LogP) is 4.01. The number of rotatable bonds is 4. The molecule has 0 bridgehead atoms. The highest BCUT2D eigenvalue weighted by molar-refractivity contribution is 5.90. The van der Waals surface area contributed by atoms with Crippen LogP contribution in [0.1, 0.15) is 38.3 Å². The topological polar surface area (TPSA) is 71.3 Å². The fourth-order valence-electron chi connectivity index (χ4n) is 4.29. The second-order valence-corrected chi connectivity index (χ2v) is 8.05. The van der Waals surface area contributed by atoms with Gasteiger partial charge in [0.25, 0.3) is 0 Å². The molecule has 1 aromatic carbocycles. The Balaban J connectivity index is 1.65. The highest BCUT2D eigenvalue weighted by Crippen LogP contribution is 2.35. The van der Waals surface area contributed by atoms with Crippen molar-refractivity contribution in [2.45, 2.75) is 38.7 Å². The molecule has 7 heteroatoms. The summed E-state index contributed by atoms with van der Waals surface area (Å²) < 4.78 is 7.55. The summed E-state index contributed by atoms with van der Waals surface area (Å²) in [6.45, 7) is 6.24. The molecule has 3 aromatic heterocycles. The zero-order valence-corrected chi connectivity index (χ0v) is 17.1. The molecule has 29 heavy (non-hydrogen) atoms. The van der Waals surface area contributed by atoms with Gasteiger partial charge in [-0.3, -0.25) is 5.10 Å². The Morgan fingerprint density at radius 2 is 2.00 bits per heavy atom. The smallest absolute Gasteiger partial charge is 0.227 e. The summed E-state index contributed by atoms with van der Waals surface area (Å²) in [7, 11) is 1.80. The first-order valence-electron chi connectivity index (χ1n) is 10.2. The molecule has 150 valence electrons. The summed E-state index contributed by atoms with van der Waals surface area (Å²) in [6, 6.07) is 8.49. The number of aromatic nitrogens is 5. The van der Waals surface area contributed by atoms with Crippen LogP contribution in [0.15, 0.2) is 36.7 Å². The maximum atomic E-state index is 5.53. The summed E-state index contributed by atoms with van der Waals surface area (Å²) >= 11 is 0. The maximum absolute atomic E-state index is 5.53. The van der Waals surface area contributed by atoms with Crippen molar-refractivity contribution in [3.8, 4) is 11.1 Å². The van der Waals surface area contributed by atoms with Gasteiger partial charge in [-0.05, 0) is 42.5 Å². The van der Waals surface area contributed by atoms with Gasteiger partial charge in [0, 0.05) is 37.3 Å². The Morgan fingerprint density at radius 1 is 1.17 bits per heavy atom. The lowest BCUT2D eigenvalue weighted by Crippen LogP contribution is -2.38. The van der Waals surface area contributed by atoms with Crippen LogP contribution in [0.5, 0.6) is 0 Å². The van der Waals surface area contributed by atoms with Crippen LogP contribution in [0.2, 0.25) is 0 Å². The predicted molar refractivity (Wildman–Crippen MR) is 114 cm³/mol. The molecule has 0 aliphatic carbocycles. The molecule has 4 heterocycles. The van der Waals surface area contributed by atoms with Gasteiger partial charge in [-0.15, -0.1) is 0 Å². The summed E-state index contributed by atoms with van der Waals surface area (Å²) in [5.74, 6) is 1.21. The van der Waals surface area contributed by atoms with E-state index >= 15 is 0 Å². The van der Waals surface area contributed by atoms with Crippen LogP contribution in [0.3, 0.4) is 0 Å². The van der Waals surface area contributed by atoms with E-state index in [2.05, 4.69) is 53.2 Å². The molecular weight excluding hydrogens is 364 g/mol. The molecule has 0 radical (unpaired) electrons. The largest absolute Gasteiger partial charge is 0.381 e. The zero-order valence-electron chi connectivity index (χ0n) is 17.1. The van der Waals surface area contributed by atoms with Crippen LogP contribution < -0.4 is 4.90 Å². The fraction of sp³-hybridized carbons (Fsp3) is 0.409. The van der Waals surface area contributed by atoms with E-state index in [1.54, 1.807) is 7.11 Å². The molecule has 1 N–H and O–H groups in total. The van der Waals surface area contributed by atoms with Crippen molar-refractivity contribution in [2.24, 2.45) is 0 Å². The molecule has 0 saturated carbocycles. The maximum Gasteiger partial charge on any atom is 0.227 e. The molecule has 1 aliphatic rings. The number of methoxy groups -OCH3 is 1. The highest BCUT2D eigenvalue weighted by atomic mass is 16.5.